The SMILES string of the molecule is CC1CC=CCC1COc1ncccc1C(=O)O. The van der Waals surface area contributed by atoms with Gasteiger partial charge in [0.25, 0.3) is 0 Å². The molecule has 4 heteroatoms. The zero-order chi connectivity index (χ0) is 13.0. The topological polar surface area (TPSA) is 59.4 Å². The summed E-state index contributed by atoms with van der Waals surface area (Å²) in [6.07, 6.45) is 7.93. The van der Waals surface area contributed by atoms with Crippen molar-refractivity contribution >= 4 is 5.97 Å². The standard InChI is InChI=1S/C14H17NO3/c1-10-5-2-3-6-11(10)9-18-13-12(14(16)17)7-4-8-15-13/h2-4,7-8,10-11H,5-6,9H2,1H3,(H,16,17). The zero-order valence-electron chi connectivity index (χ0n) is 10.4. The quantitative estimate of drug-likeness (QED) is 0.831. The van der Waals surface area contributed by atoms with Crippen LogP contribution in [0.2, 0.25) is 0 Å². The third-order valence-electron chi connectivity index (χ3n) is 3.35. The summed E-state index contributed by atoms with van der Waals surface area (Å²) in [6.45, 7) is 2.71. The molecule has 0 aromatic carbocycles. The molecule has 1 aliphatic rings. The minimum Gasteiger partial charge on any atom is -0.477 e. The Morgan fingerprint density at radius 2 is 2.28 bits per heavy atom. The van der Waals surface area contributed by atoms with E-state index < -0.39 is 5.97 Å². The van der Waals surface area contributed by atoms with Gasteiger partial charge in [-0.25, -0.2) is 9.78 Å². The highest BCUT2D eigenvalue weighted by Gasteiger charge is 2.20. The van der Waals surface area contributed by atoms with Gasteiger partial charge in [-0.2, -0.15) is 0 Å². The molecule has 2 atom stereocenters. The van der Waals surface area contributed by atoms with Crippen LogP contribution in [0.1, 0.15) is 30.1 Å². The molecule has 1 heterocycles. The van der Waals surface area contributed by atoms with Crippen molar-refractivity contribution in [3.05, 3.63) is 36.0 Å². The lowest BCUT2D eigenvalue weighted by molar-refractivity contribution is 0.0689. The molecule has 1 aromatic heterocycles. The first-order valence-electron chi connectivity index (χ1n) is 6.14. The molecule has 0 amide bonds. The van der Waals surface area contributed by atoms with E-state index in [2.05, 4.69) is 24.1 Å². The predicted octanol–water partition coefficient (Wildman–Crippen LogP) is 2.76. The maximum atomic E-state index is 11.0. The third-order valence-corrected chi connectivity index (χ3v) is 3.35. The van der Waals surface area contributed by atoms with Gasteiger partial charge in [0, 0.05) is 6.20 Å². The van der Waals surface area contributed by atoms with Crippen molar-refractivity contribution in [1.82, 2.24) is 4.98 Å². The molecule has 1 N–H and O–H groups in total. The second-order valence-electron chi connectivity index (χ2n) is 4.65. The summed E-state index contributed by atoms with van der Waals surface area (Å²) in [5.74, 6) is 0.201. The Labute approximate surface area is 106 Å². The molecule has 2 unspecified atom stereocenters. The van der Waals surface area contributed by atoms with Crippen LogP contribution in [0.3, 0.4) is 0 Å². The number of carboxylic acids is 1. The molecule has 4 nitrogen and oxygen atoms in total. The van der Waals surface area contributed by atoms with Gasteiger partial charge in [-0.1, -0.05) is 19.1 Å². The van der Waals surface area contributed by atoms with Gasteiger partial charge in [-0.05, 0) is 36.8 Å². The van der Waals surface area contributed by atoms with Crippen LogP contribution in [0, 0.1) is 11.8 Å². The molecule has 0 saturated carbocycles. The molecule has 2 rings (SSSR count). The zero-order valence-corrected chi connectivity index (χ0v) is 10.4. The van der Waals surface area contributed by atoms with Crippen LogP contribution in [0.5, 0.6) is 5.88 Å². The Hall–Kier alpha value is -1.84. The molecule has 0 aliphatic heterocycles. The molecular weight excluding hydrogens is 230 g/mol. The molecule has 0 fully saturated rings. The number of ether oxygens (including phenoxy) is 1. The second kappa shape index (κ2) is 5.67. The van der Waals surface area contributed by atoms with Crippen LogP contribution in [0.25, 0.3) is 0 Å². The number of carboxylic acid groups (broad SMARTS) is 1. The van der Waals surface area contributed by atoms with Gasteiger partial charge in [0.2, 0.25) is 5.88 Å². The van der Waals surface area contributed by atoms with Gasteiger partial charge in [-0.15, -0.1) is 0 Å². The lowest BCUT2D eigenvalue weighted by Crippen LogP contribution is -2.22. The molecule has 96 valence electrons. The van der Waals surface area contributed by atoms with Crippen molar-refractivity contribution in [1.29, 1.82) is 0 Å². The van der Waals surface area contributed by atoms with Crippen molar-refractivity contribution in [2.45, 2.75) is 19.8 Å². The summed E-state index contributed by atoms with van der Waals surface area (Å²) in [4.78, 5) is 15.0. The van der Waals surface area contributed by atoms with E-state index >= 15 is 0 Å². The molecule has 18 heavy (non-hydrogen) atoms. The fourth-order valence-corrected chi connectivity index (χ4v) is 2.09. The van der Waals surface area contributed by atoms with E-state index in [4.69, 9.17) is 9.84 Å². The van der Waals surface area contributed by atoms with Gasteiger partial charge in [0.15, 0.2) is 0 Å². The Kier molecular flexibility index (Phi) is 3.97. The first-order valence-corrected chi connectivity index (χ1v) is 6.14. The summed E-state index contributed by atoms with van der Waals surface area (Å²) in [6, 6.07) is 3.11. The van der Waals surface area contributed by atoms with Crippen LogP contribution in [0.4, 0.5) is 0 Å². The van der Waals surface area contributed by atoms with E-state index in [1.165, 1.54) is 6.07 Å². The molecule has 0 saturated heterocycles. The van der Waals surface area contributed by atoms with Crippen molar-refractivity contribution in [2.75, 3.05) is 6.61 Å². The average Bonchev–Trinajstić information content (AvgIpc) is 2.38. The average molecular weight is 247 g/mol. The first kappa shape index (κ1) is 12.6. The number of carbonyl (C=O) groups is 1. The van der Waals surface area contributed by atoms with Crippen LogP contribution >= 0.6 is 0 Å². The first-order chi connectivity index (χ1) is 8.68. The van der Waals surface area contributed by atoms with E-state index in [9.17, 15) is 4.79 Å². The van der Waals surface area contributed by atoms with Crippen molar-refractivity contribution in [2.24, 2.45) is 11.8 Å². The molecule has 0 radical (unpaired) electrons. The molecule has 0 bridgehead atoms. The predicted molar refractivity (Wildman–Crippen MR) is 67.7 cm³/mol. The number of nitrogens with zero attached hydrogens (tertiary/aromatic N) is 1. The number of allylic oxidation sites excluding steroid dienone is 2. The Balaban J connectivity index is 2.02. The molecule has 1 aliphatic carbocycles. The lowest BCUT2D eigenvalue weighted by Gasteiger charge is -2.25. The fraction of sp³-hybridized carbons (Fsp3) is 0.429. The van der Waals surface area contributed by atoms with Crippen molar-refractivity contribution in [3.8, 4) is 5.88 Å². The summed E-state index contributed by atoms with van der Waals surface area (Å²) in [7, 11) is 0. The highest BCUT2D eigenvalue weighted by molar-refractivity contribution is 5.90. The van der Waals surface area contributed by atoms with Gasteiger partial charge >= 0.3 is 5.97 Å². The van der Waals surface area contributed by atoms with Gasteiger partial charge in [-0.3, -0.25) is 0 Å². The normalized spacial score (nSPS) is 22.7. The number of hydrogen-bond acceptors (Lipinski definition) is 3. The largest absolute Gasteiger partial charge is 0.477 e. The number of aromatic carboxylic acids is 1. The van der Waals surface area contributed by atoms with Gasteiger partial charge in [0.1, 0.15) is 5.56 Å². The number of hydrogen-bond donors (Lipinski definition) is 1. The van der Waals surface area contributed by atoms with E-state index in [-0.39, 0.29) is 11.4 Å². The minimum absolute atomic E-state index is 0.122. The van der Waals surface area contributed by atoms with E-state index in [0.717, 1.165) is 12.8 Å². The maximum absolute atomic E-state index is 11.0. The van der Waals surface area contributed by atoms with Crippen LogP contribution in [-0.2, 0) is 0 Å². The summed E-state index contributed by atoms with van der Waals surface area (Å²) in [5, 5.41) is 9.02. The van der Waals surface area contributed by atoms with Crippen LogP contribution < -0.4 is 4.74 Å². The molecular formula is C14H17NO3. The molecule has 1 aromatic rings. The van der Waals surface area contributed by atoms with E-state index in [0.29, 0.717) is 18.4 Å². The second-order valence-corrected chi connectivity index (χ2v) is 4.65. The maximum Gasteiger partial charge on any atom is 0.341 e. The Morgan fingerprint density at radius 1 is 1.50 bits per heavy atom. The summed E-state index contributed by atoms with van der Waals surface area (Å²) < 4.78 is 5.58. The molecule has 0 spiro atoms. The number of aromatic nitrogens is 1. The summed E-state index contributed by atoms with van der Waals surface area (Å²) >= 11 is 0. The Morgan fingerprint density at radius 3 is 3.00 bits per heavy atom. The Bertz CT molecular complexity index is 456. The third kappa shape index (κ3) is 2.88. The van der Waals surface area contributed by atoms with Gasteiger partial charge in [0.05, 0.1) is 6.61 Å². The lowest BCUT2D eigenvalue weighted by atomic mass is 9.85. The fourth-order valence-electron chi connectivity index (χ4n) is 2.09. The number of rotatable bonds is 4. The van der Waals surface area contributed by atoms with Crippen molar-refractivity contribution < 1.29 is 14.6 Å². The van der Waals surface area contributed by atoms with Crippen LogP contribution in [0.15, 0.2) is 30.5 Å². The minimum atomic E-state index is -1.00. The highest BCUT2D eigenvalue weighted by Crippen LogP contribution is 2.26. The van der Waals surface area contributed by atoms with E-state index in [1.807, 2.05) is 0 Å². The monoisotopic (exact) mass is 247 g/mol. The number of pyridine rings is 1. The van der Waals surface area contributed by atoms with Crippen molar-refractivity contribution in [3.63, 3.8) is 0 Å². The summed E-state index contributed by atoms with van der Waals surface area (Å²) in [5.41, 5.74) is 0.122. The smallest absolute Gasteiger partial charge is 0.341 e. The highest BCUT2D eigenvalue weighted by atomic mass is 16.5. The van der Waals surface area contributed by atoms with Crippen LogP contribution in [-0.4, -0.2) is 22.7 Å². The van der Waals surface area contributed by atoms with Gasteiger partial charge < -0.3 is 9.84 Å². The van der Waals surface area contributed by atoms with E-state index in [1.54, 1.807) is 12.3 Å².